The third-order valence-electron chi connectivity index (χ3n) is 4.03. The van der Waals surface area contributed by atoms with Crippen molar-refractivity contribution in [2.45, 2.75) is 78.2 Å². The lowest BCUT2D eigenvalue weighted by Gasteiger charge is -2.05. The zero-order chi connectivity index (χ0) is 16.8. The fourth-order valence-electron chi connectivity index (χ4n) is 2.60. The maximum atomic E-state index is 11.3. The molecule has 0 atom stereocenters. The first-order chi connectivity index (χ1) is 11.3. The molecule has 0 amide bonds. The highest BCUT2D eigenvalue weighted by atomic mass is 16.5. The summed E-state index contributed by atoms with van der Waals surface area (Å²) in [6.07, 6.45) is 15.1. The number of unbranched alkanes of at least 4 members (excludes halogenated alkanes) is 7. The number of hydrogen-bond donors (Lipinski definition) is 0. The summed E-state index contributed by atoms with van der Waals surface area (Å²) in [5.41, 5.74) is 2.42. The molecule has 0 aliphatic carbocycles. The average Bonchev–Trinajstić information content (AvgIpc) is 2.57. The van der Waals surface area contributed by atoms with Gasteiger partial charge in [0.15, 0.2) is 0 Å². The van der Waals surface area contributed by atoms with Gasteiger partial charge in [-0.2, -0.15) is 0 Å². The first-order valence-corrected chi connectivity index (χ1v) is 9.13. The molecule has 0 spiro atoms. The molecule has 0 aliphatic rings. The second-order valence-corrected chi connectivity index (χ2v) is 6.15. The molecule has 0 bridgehead atoms. The van der Waals surface area contributed by atoms with Gasteiger partial charge in [-0.3, -0.25) is 0 Å². The van der Waals surface area contributed by atoms with E-state index in [2.05, 4.69) is 31.2 Å². The van der Waals surface area contributed by atoms with Gasteiger partial charge >= 0.3 is 5.97 Å². The molecule has 1 rings (SSSR count). The van der Waals surface area contributed by atoms with E-state index in [1.54, 1.807) is 13.0 Å². The summed E-state index contributed by atoms with van der Waals surface area (Å²) in [5, 5.41) is 0. The van der Waals surface area contributed by atoms with Gasteiger partial charge in [-0.15, -0.1) is 0 Å². The highest BCUT2D eigenvalue weighted by Crippen LogP contribution is 2.12. The molecule has 0 N–H and O–H groups in total. The van der Waals surface area contributed by atoms with Crippen molar-refractivity contribution in [3.05, 3.63) is 47.5 Å². The number of esters is 1. The smallest absolute Gasteiger partial charge is 0.330 e. The van der Waals surface area contributed by atoms with Crippen molar-refractivity contribution in [3.8, 4) is 0 Å². The van der Waals surface area contributed by atoms with Crippen LogP contribution in [0, 0.1) is 0 Å². The molecule has 0 aromatic heterocycles. The van der Waals surface area contributed by atoms with Gasteiger partial charge in [0.05, 0.1) is 0 Å². The summed E-state index contributed by atoms with van der Waals surface area (Å²) < 4.78 is 5.14. The van der Waals surface area contributed by atoms with Gasteiger partial charge in [0.25, 0.3) is 0 Å². The summed E-state index contributed by atoms with van der Waals surface area (Å²) in [7, 11) is 0. The highest BCUT2D eigenvalue weighted by molar-refractivity contribution is 5.81. The van der Waals surface area contributed by atoms with Crippen LogP contribution < -0.4 is 0 Å². The topological polar surface area (TPSA) is 26.3 Å². The van der Waals surface area contributed by atoms with Crippen molar-refractivity contribution < 1.29 is 9.53 Å². The predicted octanol–water partition coefficient (Wildman–Crippen LogP) is 5.99. The first-order valence-electron chi connectivity index (χ1n) is 9.13. The Labute approximate surface area is 141 Å². The number of benzene rings is 1. The molecule has 0 fully saturated rings. The minimum atomic E-state index is -0.282. The number of carbonyl (C=O) groups is 1. The number of carbonyl (C=O) groups excluding carboxylic acids is 1. The maximum Gasteiger partial charge on any atom is 0.330 e. The highest BCUT2D eigenvalue weighted by Gasteiger charge is 1.99. The molecule has 0 heterocycles. The van der Waals surface area contributed by atoms with E-state index in [1.165, 1.54) is 63.0 Å². The largest absolute Gasteiger partial charge is 0.458 e. The summed E-state index contributed by atoms with van der Waals surface area (Å²) in [5.74, 6) is -0.282. The molecule has 0 unspecified atom stereocenters. The number of hydrogen-bond acceptors (Lipinski definition) is 2. The van der Waals surface area contributed by atoms with Crippen LogP contribution in [-0.2, 0) is 22.6 Å². The molecule has 1 aromatic carbocycles. The van der Waals surface area contributed by atoms with E-state index in [1.807, 2.05) is 0 Å². The van der Waals surface area contributed by atoms with E-state index in [0.717, 1.165) is 12.0 Å². The van der Waals surface area contributed by atoms with E-state index >= 15 is 0 Å². The Morgan fingerprint density at radius 1 is 0.913 bits per heavy atom. The van der Waals surface area contributed by atoms with Crippen molar-refractivity contribution in [1.82, 2.24) is 0 Å². The van der Waals surface area contributed by atoms with Crippen molar-refractivity contribution in [2.75, 3.05) is 0 Å². The standard InChI is InChI=1S/C21H32O2/c1-3-5-6-7-8-9-10-11-13-19-14-16-20(17-15-19)18-23-21(22)12-4-2/h4,12,14-17H,3,5-11,13,18H2,1-2H3/b12-4+. The minimum absolute atomic E-state index is 0.282. The van der Waals surface area contributed by atoms with E-state index < -0.39 is 0 Å². The SMILES string of the molecule is C/C=C/C(=O)OCc1ccc(CCCCCCCCCC)cc1. The lowest BCUT2D eigenvalue weighted by Crippen LogP contribution is -2.00. The summed E-state index contributed by atoms with van der Waals surface area (Å²) in [6, 6.07) is 8.42. The zero-order valence-corrected chi connectivity index (χ0v) is 14.9. The second-order valence-electron chi connectivity index (χ2n) is 6.15. The third kappa shape index (κ3) is 9.93. The molecule has 0 saturated carbocycles. The maximum absolute atomic E-state index is 11.3. The van der Waals surface area contributed by atoms with Crippen LogP contribution in [0.3, 0.4) is 0 Å². The third-order valence-corrected chi connectivity index (χ3v) is 4.03. The predicted molar refractivity (Wildman–Crippen MR) is 97.4 cm³/mol. The average molecular weight is 316 g/mol. The fraction of sp³-hybridized carbons (Fsp3) is 0.571. The van der Waals surface area contributed by atoms with E-state index in [9.17, 15) is 4.79 Å². The zero-order valence-electron chi connectivity index (χ0n) is 14.9. The minimum Gasteiger partial charge on any atom is -0.458 e. The van der Waals surface area contributed by atoms with Gasteiger partial charge < -0.3 is 4.74 Å². The molecule has 0 radical (unpaired) electrons. The molecule has 0 aliphatic heterocycles. The molecule has 2 nitrogen and oxygen atoms in total. The number of allylic oxidation sites excluding steroid dienone is 1. The Kier molecular flexibility index (Phi) is 10.9. The van der Waals surface area contributed by atoms with Crippen LogP contribution in [0.1, 0.15) is 76.3 Å². The Hall–Kier alpha value is -1.57. The molecular formula is C21H32O2. The number of ether oxygens (including phenoxy) is 1. The fourth-order valence-corrected chi connectivity index (χ4v) is 2.60. The normalized spacial score (nSPS) is 11.0. The summed E-state index contributed by atoms with van der Waals surface area (Å²) in [4.78, 5) is 11.3. The van der Waals surface area contributed by atoms with Crippen LogP contribution in [0.2, 0.25) is 0 Å². The Morgan fingerprint density at radius 3 is 2.09 bits per heavy atom. The van der Waals surface area contributed by atoms with Crippen LogP contribution >= 0.6 is 0 Å². The van der Waals surface area contributed by atoms with Gasteiger partial charge in [-0.25, -0.2) is 4.79 Å². The van der Waals surface area contributed by atoms with Crippen molar-refractivity contribution >= 4 is 5.97 Å². The number of rotatable bonds is 12. The lowest BCUT2D eigenvalue weighted by atomic mass is 10.0. The Morgan fingerprint density at radius 2 is 1.48 bits per heavy atom. The van der Waals surface area contributed by atoms with Crippen LogP contribution in [0.25, 0.3) is 0 Å². The van der Waals surface area contributed by atoms with Crippen LogP contribution in [0.15, 0.2) is 36.4 Å². The molecule has 1 aromatic rings. The molecular weight excluding hydrogens is 284 g/mol. The monoisotopic (exact) mass is 316 g/mol. The quantitative estimate of drug-likeness (QED) is 0.269. The van der Waals surface area contributed by atoms with Gasteiger partial charge in [0.2, 0.25) is 0 Å². The molecule has 128 valence electrons. The Bertz CT molecular complexity index is 445. The van der Waals surface area contributed by atoms with Crippen molar-refractivity contribution in [3.63, 3.8) is 0 Å². The van der Waals surface area contributed by atoms with Crippen molar-refractivity contribution in [2.24, 2.45) is 0 Å². The molecule has 0 saturated heterocycles. The first kappa shape index (κ1) is 19.5. The summed E-state index contributed by atoms with van der Waals surface area (Å²) >= 11 is 0. The van der Waals surface area contributed by atoms with E-state index in [4.69, 9.17) is 4.74 Å². The van der Waals surface area contributed by atoms with Crippen LogP contribution in [0.4, 0.5) is 0 Å². The van der Waals surface area contributed by atoms with Crippen LogP contribution in [-0.4, -0.2) is 5.97 Å². The van der Waals surface area contributed by atoms with E-state index in [-0.39, 0.29) is 5.97 Å². The molecule has 23 heavy (non-hydrogen) atoms. The second kappa shape index (κ2) is 12.9. The van der Waals surface area contributed by atoms with Gasteiger partial charge in [0, 0.05) is 6.08 Å². The van der Waals surface area contributed by atoms with Crippen LogP contribution in [0.5, 0.6) is 0 Å². The number of aryl methyl sites for hydroxylation is 1. The van der Waals surface area contributed by atoms with Gasteiger partial charge in [-0.1, -0.05) is 82.2 Å². The summed E-state index contributed by atoms with van der Waals surface area (Å²) in [6.45, 7) is 4.42. The van der Waals surface area contributed by atoms with Gasteiger partial charge in [-0.05, 0) is 30.9 Å². The lowest BCUT2D eigenvalue weighted by molar-refractivity contribution is -0.139. The Balaban J connectivity index is 2.13. The van der Waals surface area contributed by atoms with Gasteiger partial charge in [0.1, 0.15) is 6.61 Å². The molecule has 2 heteroatoms. The van der Waals surface area contributed by atoms with E-state index in [0.29, 0.717) is 6.61 Å². The van der Waals surface area contributed by atoms with Crippen molar-refractivity contribution in [1.29, 1.82) is 0 Å².